The molecule has 26 heavy (non-hydrogen) atoms. The average molecular weight is 377 g/mol. The Morgan fingerprint density at radius 3 is 2.38 bits per heavy atom. The molecule has 0 saturated carbocycles. The first-order valence-electron chi connectivity index (χ1n) is 8.12. The summed E-state index contributed by atoms with van der Waals surface area (Å²) in [5, 5.41) is 5.69. The smallest absolute Gasteiger partial charge is 0.246 e. The molecule has 0 heterocycles. The van der Waals surface area contributed by atoms with Crippen molar-refractivity contribution in [2.45, 2.75) is 11.8 Å². The highest BCUT2D eigenvalue weighted by Gasteiger charge is 2.23. The zero-order valence-corrected chi connectivity index (χ0v) is 15.8. The van der Waals surface area contributed by atoms with E-state index in [1.54, 1.807) is 31.2 Å². The van der Waals surface area contributed by atoms with Crippen molar-refractivity contribution >= 4 is 27.3 Å². The van der Waals surface area contributed by atoms with Gasteiger partial charge in [-0.3, -0.25) is 4.79 Å². The number of carbonyl (C=O) groups is 1. The summed E-state index contributed by atoms with van der Waals surface area (Å²) in [4.78, 5) is 12.1. The molecule has 0 aromatic heterocycles. The van der Waals surface area contributed by atoms with Gasteiger partial charge in [0.25, 0.3) is 0 Å². The molecule has 0 spiro atoms. The van der Waals surface area contributed by atoms with E-state index in [-0.39, 0.29) is 23.1 Å². The summed E-state index contributed by atoms with van der Waals surface area (Å²) in [5.74, 6) is 0.0441. The Morgan fingerprint density at radius 1 is 1.08 bits per heavy atom. The number of nitrogens with zero attached hydrogens (tertiary/aromatic N) is 1. The molecule has 0 aliphatic carbocycles. The maximum atomic E-state index is 12.5. The molecule has 0 saturated heterocycles. The number of nitrogens with one attached hydrogen (secondary N) is 2. The number of hydrogen-bond donors (Lipinski definition) is 2. The van der Waals surface area contributed by atoms with Gasteiger partial charge in [0, 0.05) is 25.5 Å². The fraction of sp³-hybridized carbons (Fsp3) is 0.278. The lowest BCUT2D eigenvalue weighted by molar-refractivity contribution is -0.114. The van der Waals surface area contributed by atoms with Crippen molar-refractivity contribution in [3.63, 3.8) is 0 Å². The highest BCUT2D eigenvalue weighted by Crippen LogP contribution is 2.29. The third-order valence-corrected chi connectivity index (χ3v) is 5.35. The third-order valence-electron chi connectivity index (χ3n) is 3.51. The first kappa shape index (κ1) is 19.7. The summed E-state index contributed by atoms with van der Waals surface area (Å²) in [6.45, 7) is 2.14. The number of amides is 1. The molecule has 2 N–H and O–H groups in total. The monoisotopic (exact) mass is 377 g/mol. The number of anilines is 2. The SMILES string of the molecule is CCOc1ccc(NCC(=O)Nc2ccccc2)cc1S(=O)(=O)N(C)C. The summed E-state index contributed by atoms with van der Waals surface area (Å²) in [6.07, 6.45) is 0. The van der Waals surface area contributed by atoms with Crippen molar-refractivity contribution in [3.8, 4) is 5.75 Å². The van der Waals surface area contributed by atoms with Crippen LogP contribution < -0.4 is 15.4 Å². The van der Waals surface area contributed by atoms with Crippen molar-refractivity contribution in [2.24, 2.45) is 0 Å². The zero-order chi connectivity index (χ0) is 19.2. The van der Waals surface area contributed by atoms with E-state index >= 15 is 0 Å². The molecular weight excluding hydrogens is 354 g/mol. The van der Waals surface area contributed by atoms with Gasteiger partial charge in [-0.05, 0) is 37.3 Å². The number of ether oxygens (including phenoxy) is 1. The first-order valence-corrected chi connectivity index (χ1v) is 9.56. The van der Waals surface area contributed by atoms with E-state index in [9.17, 15) is 13.2 Å². The van der Waals surface area contributed by atoms with Gasteiger partial charge in [0.05, 0.1) is 13.2 Å². The molecule has 0 bridgehead atoms. The maximum absolute atomic E-state index is 12.5. The van der Waals surface area contributed by atoms with E-state index in [1.165, 1.54) is 20.2 Å². The van der Waals surface area contributed by atoms with Gasteiger partial charge in [-0.1, -0.05) is 18.2 Å². The van der Waals surface area contributed by atoms with Crippen molar-refractivity contribution in [2.75, 3.05) is 37.9 Å². The van der Waals surface area contributed by atoms with E-state index in [4.69, 9.17) is 4.74 Å². The van der Waals surface area contributed by atoms with Gasteiger partial charge < -0.3 is 15.4 Å². The van der Waals surface area contributed by atoms with Gasteiger partial charge >= 0.3 is 0 Å². The van der Waals surface area contributed by atoms with Gasteiger partial charge in [-0.25, -0.2) is 12.7 Å². The van der Waals surface area contributed by atoms with Gasteiger partial charge in [0.15, 0.2) is 0 Å². The van der Waals surface area contributed by atoms with Crippen LogP contribution in [0.5, 0.6) is 5.75 Å². The number of hydrogen-bond acceptors (Lipinski definition) is 5. The number of rotatable bonds is 8. The van der Waals surface area contributed by atoms with Gasteiger partial charge in [0.1, 0.15) is 10.6 Å². The van der Waals surface area contributed by atoms with Crippen LogP contribution in [0.1, 0.15) is 6.92 Å². The first-order chi connectivity index (χ1) is 12.3. The average Bonchev–Trinajstić information content (AvgIpc) is 2.61. The number of carbonyl (C=O) groups excluding carboxylic acids is 1. The van der Waals surface area contributed by atoms with E-state index < -0.39 is 10.0 Å². The van der Waals surface area contributed by atoms with Crippen LogP contribution in [0, 0.1) is 0 Å². The summed E-state index contributed by atoms with van der Waals surface area (Å²) in [5.41, 5.74) is 1.21. The van der Waals surface area contributed by atoms with Crippen LogP contribution in [0.3, 0.4) is 0 Å². The summed E-state index contributed by atoms with van der Waals surface area (Å²) in [7, 11) is -0.758. The quantitative estimate of drug-likeness (QED) is 0.737. The number of para-hydroxylation sites is 1. The minimum Gasteiger partial charge on any atom is -0.492 e. The molecule has 8 heteroatoms. The molecule has 0 radical (unpaired) electrons. The highest BCUT2D eigenvalue weighted by atomic mass is 32.2. The van der Waals surface area contributed by atoms with Crippen LogP contribution in [0.2, 0.25) is 0 Å². The second-order valence-electron chi connectivity index (χ2n) is 5.65. The normalized spacial score (nSPS) is 11.2. The standard InChI is InChI=1S/C18H23N3O4S/c1-4-25-16-11-10-15(12-17(16)26(23,24)21(2)3)19-13-18(22)20-14-8-6-5-7-9-14/h5-12,19H,4,13H2,1-3H3,(H,20,22). The van der Waals surface area contributed by atoms with Gasteiger partial charge in [-0.15, -0.1) is 0 Å². The molecule has 140 valence electrons. The van der Waals surface area contributed by atoms with Crippen LogP contribution in [0.15, 0.2) is 53.4 Å². The predicted molar refractivity (Wildman–Crippen MR) is 102 cm³/mol. The zero-order valence-electron chi connectivity index (χ0n) is 15.0. The van der Waals surface area contributed by atoms with E-state index in [1.807, 2.05) is 18.2 Å². The molecular formula is C18H23N3O4S. The molecule has 7 nitrogen and oxygen atoms in total. The Balaban J connectivity index is 2.14. The number of benzene rings is 2. The van der Waals surface area contributed by atoms with Crippen LogP contribution in [0.25, 0.3) is 0 Å². The van der Waals surface area contributed by atoms with E-state index in [2.05, 4.69) is 10.6 Å². The predicted octanol–water partition coefficient (Wildman–Crippen LogP) is 2.39. The van der Waals surface area contributed by atoms with Crippen LogP contribution in [0.4, 0.5) is 11.4 Å². The minimum absolute atomic E-state index is 0.00429. The van der Waals surface area contributed by atoms with Crippen LogP contribution >= 0.6 is 0 Å². The summed E-state index contributed by atoms with van der Waals surface area (Å²) < 4.78 is 31.5. The molecule has 1 amide bonds. The molecule has 0 fully saturated rings. The Hall–Kier alpha value is -2.58. The van der Waals surface area contributed by atoms with Crippen molar-refractivity contribution in [1.29, 1.82) is 0 Å². The molecule has 0 atom stereocenters. The lowest BCUT2D eigenvalue weighted by atomic mass is 10.3. The lowest BCUT2D eigenvalue weighted by Gasteiger charge is -2.17. The fourth-order valence-corrected chi connectivity index (χ4v) is 3.25. The van der Waals surface area contributed by atoms with Gasteiger partial charge in [0.2, 0.25) is 15.9 Å². The van der Waals surface area contributed by atoms with Crippen LogP contribution in [-0.4, -0.2) is 45.9 Å². The van der Waals surface area contributed by atoms with Crippen molar-refractivity contribution in [1.82, 2.24) is 4.31 Å². The van der Waals surface area contributed by atoms with Crippen molar-refractivity contribution < 1.29 is 17.9 Å². The summed E-state index contributed by atoms with van der Waals surface area (Å²) >= 11 is 0. The minimum atomic E-state index is -3.67. The molecule has 0 aliphatic rings. The molecule has 0 unspecified atom stereocenters. The highest BCUT2D eigenvalue weighted by molar-refractivity contribution is 7.89. The topological polar surface area (TPSA) is 87.7 Å². The second kappa shape index (κ2) is 8.68. The molecule has 2 rings (SSSR count). The van der Waals surface area contributed by atoms with Crippen molar-refractivity contribution in [3.05, 3.63) is 48.5 Å². The Bertz CT molecular complexity index is 852. The van der Waals surface area contributed by atoms with E-state index in [0.29, 0.717) is 18.0 Å². The number of sulfonamides is 1. The Kier molecular flexibility index (Phi) is 6.59. The second-order valence-corrected chi connectivity index (χ2v) is 7.77. The Morgan fingerprint density at radius 2 is 1.77 bits per heavy atom. The van der Waals surface area contributed by atoms with Gasteiger partial charge in [-0.2, -0.15) is 0 Å². The Labute approximate surface area is 154 Å². The largest absolute Gasteiger partial charge is 0.492 e. The van der Waals surface area contributed by atoms with E-state index in [0.717, 1.165) is 4.31 Å². The molecule has 0 aliphatic heterocycles. The molecule has 2 aromatic carbocycles. The lowest BCUT2D eigenvalue weighted by Crippen LogP contribution is -2.24. The maximum Gasteiger partial charge on any atom is 0.246 e. The molecule has 2 aromatic rings. The van der Waals surface area contributed by atoms with Crippen LogP contribution in [-0.2, 0) is 14.8 Å². The third kappa shape index (κ3) is 4.96. The summed E-state index contributed by atoms with van der Waals surface area (Å²) in [6, 6.07) is 13.8. The fourth-order valence-electron chi connectivity index (χ4n) is 2.20.